The average molecular weight is 349 g/mol. The van der Waals surface area contributed by atoms with E-state index in [1.165, 1.54) is 0 Å². The third kappa shape index (κ3) is 5.15. The molecule has 1 N–H and O–H groups in total. The van der Waals surface area contributed by atoms with Crippen LogP contribution < -0.4 is 14.8 Å². The van der Waals surface area contributed by atoms with Gasteiger partial charge in [0, 0.05) is 28.9 Å². The van der Waals surface area contributed by atoms with Gasteiger partial charge in [-0.1, -0.05) is 17.7 Å². The Morgan fingerprint density at radius 2 is 1.83 bits per heavy atom. The number of hydrogen-bond donors (Lipinski definition) is 1. The van der Waals surface area contributed by atoms with Crippen LogP contribution >= 0.6 is 11.6 Å². The van der Waals surface area contributed by atoms with E-state index in [0.717, 1.165) is 22.7 Å². The van der Waals surface area contributed by atoms with Crippen LogP contribution in [0, 0.1) is 0 Å². The highest BCUT2D eigenvalue weighted by molar-refractivity contribution is 6.30. The molecule has 2 aromatic carbocycles. The van der Waals surface area contributed by atoms with Crippen LogP contribution in [-0.4, -0.2) is 38.6 Å². The number of likely N-dealkylation sites (N-methyl/N-ethyl adjacent to an activating group) is 1. The lowest BCUT2D eigenvalue weighted by atomic mass is 10.2. The van der Waals surface area contributed by atoms with E-state index in [-0.39, 0.29) is 12.5 Å². The molecule has 2 aromatic rings. The van der Waals surface area contributed by atoms with E-state index in [0.29, 0.717) is 11.6 Å². The van der Waals surface area contributed by atoms with Gasteiger partial charge in [0.1, 0.15) is 11.5 Å². The molecular formula is C18H21ClN2O3. The molecule has 0 unspecified atom stereocenters. The average Bonchev–Trinajstić information content (AvgIpc) is 2.57. The standard InChI is InChI=1S/C18H21ClN2O3/c1-21(11-13-4-9-16(23-2)10-17(13)24-3)12-18(22)20-15-7-5-14(19)6-8-15/h4-10H,11-12H2,1-3H3,(H,20,22). The largest absolute Gasteiger partial charge is 0.497 e. The predicted octanol–water partition coefficient (Wildman–Crippen LogP) is 3.43. The molecule has 128 valence electrons. The number of benzene rings is 2. The summed E-state index contributed by atoms with van der Waals surface area (Å²) in [6, 6.07) is 12.7. The maximum Gasteiger partial charge on any atom is 0.238 e. The molecule has 0 radical (unpaired) electrons. The number of carbonyl (C=O) groups is 1. The Morgan fingerprint density at radius 3 is 2.46 bits per heavy atom. The number of carbonyl (C=O) groups excluding carboxylic acids is 1. The molecule has 2 rings (SSSR count). The number of rotatable bonds is 7. The highest BCUT2D eigenvalue weighted by atomic mass is 35.5. The Kier molecular flexibility index (Phi) is 6.46. The number of nitrogens with zero attached hydrogens (tertiary/aromatic N) is 1. The molecule has 6 heteroatoms. The van der Waals surface area contributed by atoms with Crippen LogP contribution in [0.25, 0.3) is 0 Å². The summed E-state index contributed by atoms with van der Waals surface area (Å²) in [4.78, 5) is 14.0. The topological polar surface area (TPSA) is 50.8 Å². The van der Waals surface area contributed by atoms with Gasteiger partial charge in [0.15, 0.2) is 0 Å². The summed E-state index contributed by atoms with van der Waals surface area (Å²) in [5, 5.41) is 3.48. The molecule has 0 bridgehead atoms. The quantitative estimate of drug-likeness (QED) is 0.833. The fraction of sp³-hybridized carbons (Fsp3) is 0.278. The Morgan fingerprint density at radius 1 is 1.12 bits per heavy atom. The number of methoxy groups -OCH3 is 2. The number of anilines is 1. The van der Waals surface area contributed by atoms with Crippen LogP contribution in [0.15, 0.2) is 42.5 Å². The lowest BCUT2D eigenvalue weighted by Crippen LogP contribution is -2.29. The third-order valence-electron chi connectivity index (χ3n) is 3.48. The minimum absolute atomic E-state index is 0.0905. The van der Waals surface area contributed by atoms with Gasteiger partial charge in [-0.05, 0) is 37.4 Å². The van der Waals surface area contributed by atoms with Crippen molar-refractivity contribution in [3.05, 3.63) is 53.1 Å². The SMILES string of the molecule is COc1ccc(CN(C)CC(=O)Nc2ccc(Cl)cc2)c(OC)c1. The molecule has 24 heavy (non-hydrogen) atoms. The highest BCUT2D eigenvalue weighted by Crippen LogP contribution is 2.25. The van der Waals surface area contributed by atoms with E-state index in [2.05, 4.69) is 5.32 Å². The minimum atomic E-state index is -0.0905. The molecule has 0 heterocycles. The van der Waals surface area contributed by atoms with E-state index in [1.54, 1.807) is 38.5 Å². The first kappa shape index (κ1) is 18.1. The van der Waals surface area contributed by atoms with Crippen molar-refractivity contribution >= 4 is 23.2 Å². The first-order valence-electron chi connectivity index (χ1n) is 7.46. The van der Waals surface area contributed by atoms with Gasteiger partial charge in [-0.25, -0.2) is 0 Å². The number of hydrogen-bond acceptors (Lipinski definition) is 4. The smallest absolute Gasteiger partial charge is 0.238 e. The summed E-state index contributed by atoms with van der Waals surface area (Å²) in [7, 11) is 5.11. The molecular weight excluding hydrogens is 328 g/mol. The van der Waals surface area contributed by atoms with Crippen LogP contribution in [0.2, 0.25) is 5.02 Å². The molecule has 1 amide bonds. The summed E-state index contributed by atoms with van der Waals surface area (Å²) in [5.41, 5.74) is 1.71. The van der Waals surface area contributed by atoms with Crippen molar-refractivity contribution in [1.29, 1.82) is 0 Å². The number of nitrogens with one attached hydrogen (secondary N) is 1. The summed E-state index contributed by atoms with van der Waals surface area (Å²) >= 11 is 5.83. The molecule has 0 aliphatic heterocycles. The van der Waals surface area contributed by atoms with Gasteiger partial charge in [-0.2, -0.15) is 0 Å². The number of ether oxygens (including phenoxy) is 2. The van der Waals surface area contributed by atoms with Crippen LogP contribution in [0.1, 0.15) is 5.56 Å². The van der Waals surface area contributed by atoms with Crippen LogP contribution in [0.5, 0.6) is 11.5 Å². The molecule has 5 nitrogen and oxygen atoms in total. The second-order valence-electron chi connectivity index (χ2n) is 5.41. The maximum absolute atomic E-state index is 12.1. The Balaban J connectivity index is 1.93. The van der Waals surface area contributed by atoms with E-state index < -0.39 is 0 Å². The van der Waals surface area contributed by atoms with Gasteiger partial charge < -0.3 is 14.8 Å². The van der Waals surface area contributed by atoms with Crippen LogP contribution in [-0.2, 0) is 11.3 Å². The van der Waals surface area contributed by atoms with Crippen molar-refractivity contribution in [2.45, 2.75) is 6.54 Å². The third-order valence-corrected chi connectivity index (χ3v) is 3.73. The van der Waals surface area contributed by atoms with E-state index >= 15 is 0 Å². The van der Waals surface area contributed by atoms with Gasteiger partial charge in [0.05, 0.1) is 20.8 Å². The fourth-order valence-corrected chi connectivity index (χ4v) is 2.43. The van der Waals surface area contributed by atoms with E-state index in [4.69, 9.17) is 21.1 Å². The van der Waals surface area contributed by atoms with Crippen molar-refractivity contribution in [2.24, 2.45) is 0 Å². The second kappa shape index (κ2) is 8.57. The summed E-state index contributed by atoms with van der Waals surface area (Å²) in [6.45, 7) is 0.846. The lowest BCUT2D eigenvalue weighted by molar-refractivity contribution is -0.117. The normalized spacial score (nSPS) is 10.5. The Hall–Kier alpha value is -2.24. The summed E-state index contributed by atoms with van der Waals surface area (Å²) in [5.74, 6) is 1.38. The Labute approximate surface area is 147 Å². The van der Waals surface area contributed by atoms with Gasteiger partial charge >= 0.3 is 0 Å². The molecule has 0 saturated carbocycles. The zero-order chi connectivity index (χ0) is 17.5. The van der Waals surface area contributed by atoms with Crippen molar-refractivity contribution in [3.8, 4) is 11.5 Å². The van der Waals surface area contributed by atoms with E-state index in [9.17, 15) is 4.79 Å². The van der Waals surface area contributed by atoms with Gasteiger partial charge in [0.2, 0.25) is 5.91 Å². The molecule has 0 aliphatic carbocycles. The van der Waals surface area contributed by atoms with Crippen LogP contribution in [0.3, 0.4) is 0 Å². The Bertz CT molecular complexity index is 689. The molecule has 0 atom stereocenters. The number of amides is 1. The minimum Gasteiger partial charge on any atom is -0.497 e. The fourth-order valence-electron chi connectivity index (χ4n) is 2.31. The first-order valence-corrected chi connectivity index (χ1v) is 7.84. The summed E-state index contributed by atoms with van der Waals surface area (Å²) < 4.78 is 10.6. The second-order valence-corrected chi connectivity index (χ2v) is 5.84. The van der Waals surface area contributed by atoms with Crippen molar-refractivity contribution < 1.29 is 14.3 Å². The van der Waals surface area contributed by atoms with Gasteiger partial charge in [-0.3, -0.25) is 9.69 Å². The predicted molar refractivity (Wildman–Crippen MR) is 96.0 cm³/mol. The van der Waals surface area contributed by atoms with E-state index in [1.807, 2.05) is 30.1 Å². The van der Waals surface area contributed by atoms with Gasteiger partial charge in [0.25, 0.3) is 0 Å². The molecule has 0 fully saturated rings. The number of halogens is 1. The lowest BCUT2D eigenvalue weighted by Gasteiger charge is -2.18. The molecule has 0 spiro atoms. The molecule has 0 aromatic heterocycles. The highest BCUT2D eigenvalue weighted by Gasteiger charge is 2.11. The van der Waals surface area contributed by atoms with Crippen molar-refractivity contribution in [1.82, 2.24) is 4.90 Å². The molecule has 0 saturated heterocycles. The maximum atomic E-state index is 12.1. The molecule has 0 aliphatic rings. The monoisotopic (exact) mass is 348 g/mol. The van der Waals surface area contributed by atoms with Crippen molar-refractivity contribution in [3.63, 3.8) is 0 Å². The van der Waals surface area contributed by atoms with Crippen LogP contribution in [0.4, 0.5) is 5.69 Å². The zero-order valence-electron chi connectivity index (χ0n) is 14.0. The van der Waals surface area contributed by atoms with Crippen molar-refractivity contribution in [2.75, 3.05) is 33.1 Å². The summed E-state index contributed by atoms with van der Waals surface area (Å²) in [6.07, 6.45) is 0. The zero-order valence-corrected chi connectivity index (χ0v) is 14.8. The van der Waals surface area contributed by atoms with Gasteiger partial charge in [-0.15, -0.1) is 0 Å². The first-order chi connectivity index (χ1) is 11.5.